The SMILES string of the molecule is O=C(C1=NN(C2CCS(=O)(=O)C2)C(=O)CC1)N1CCCC1c1cccs1. The molecule has 0 N–H and O–H groups in total. The van der Waals surface area contributed by atoms with Gasteiger partial charge in [-0.05, 0) is 30.7 Å². The quantitative estimate of drug-likeness (QED) is 0.777. The van der Waals surface area contributed by atoms with E-state index in [0.717, 1.165) is 12.8 Å². The Hall–Kier alpha value is -1.74. The maximum Gasteiger partial charge on any atom is 0.270 e. The Labute approximate surface area is 156 Å². The van der Waals surface area contributed by atoms with Gasteiger partial charge in [0.05, 0.1) is 23.6 Å². The van der Waals surface area contributed by atoms with Crippen LogP contribution in [0, 0.1) is 0 Å². The molecule has 2 saturated heterocycles. The normalized spacial score (nSPS) is 28.5. The van der Waals surface area contributed by atoms with Gasteiger partial charge in [0.1, 0.15) is 5.71 Å². The van der Waals surface area contributed by atoms with Gasteiger partial charge in [-0.1, -0.05) is 6.07 Å². The van der Waals surface area contributed by atoms with Crippen LogP contribution >= 0.6 is 11.3 Å². The summed E-state index contributed by atoms with van der Waals surface area (Å²) in [5, 5.41) is 7.59. The van der Waals surface area contributed by atoms with Gasteiger partial charge in [-0.3, -0.25) is 9.59 Å². The molecule has 0 aliphatic carbocycles. The zero-order valence-corrected chi connectivity index (χ0v) is 16.0. The number of carbonyl (C=O) groups is 2. The second-order valence-electron chi connectivity index (χ2n) is 7.01. The minimum Gasteiger partial charge on any atom is -0.330 e. The Morgan fingerprint density at radius 3 is 2.81 bits per heavy atom. The molecule has 26 heavy (non-hydrogen) atoms. The number of nitrogens with zero attached hydrogens (tertiary/aromatic N) is 3. The summed E-state index contributed by atoms with van der Waals surface area (Å²) in [6, 6.07) is 3.66. The van der Waals surface area contributed by atoms with Crippen molar-refractivity contribution in [2.75, 3.05) is 18.1 Å². The molecule has 4 heterocycles. The summed E-state index contributed by atoms with van der Waals surface area (Å²) in [7, 11) is -3.12. The molecule has 1 aromatic heterocycles. The number of hydrogen-bond donors (Lipinski definition) is 0. The van der Waals surface area contributed by atoms with Gasteiger partial charge in [0.2, 0.25) is 5.91 Å². The zero-order valence-electron chi connectivity index (χ0n) is 14.3. The number of amides is 2. The molecule has 4 rings (SSSR count). The highest BCUT2D eigenvalue weighted by Gasteiger charge is 2.39. The highest BCUT2D eigenvalue weighted by Crippen LogP contribution is 2.35. The fraction of sp³-hybridized carbons (Fsp3) is 0.588. The largest absolute Gasteiger partial charge is 0.330 e. The van der Waals surface area contributed by atoms with Crippen molar-refractivity contribution in [3.63, 3.8) is 0 Å². The fourth-order valence-corrected chi connectivity index (χ4v) is 6.50. The molecule has 2 atom stereocenters. The van der Waals surface area contributed by atoms with Crippen molar-refractivity contribution in [1.82, 2.24) is 9.91 Å². The van der Waals surface area contributed by atoms with Gasteiger partial charge in [0.15, 0.2) is 9.84 Å². The maximum absolute atomic E-state index is 13.0. The van der Waals surface area contributed by atoms with E-state index in [2.05, 4.69) is 5.10 Å². The predicted molar refractivity (Wildman–Crippen MR) is 98.6 cm³/mol. The molecular weight excluding hydrogens is 374 g/mol. The first-order chi connectivity index (χ1) is 12.4. The van der Waals surface area contributed by atoms with Crippen LogP contribution in [-0.2, 0) is 19.4 Å². The standard InChI is InChI=1S/C17H21N3O4S2/c21-16-6-5-13(18-20(16)12-7-10-26(23,24)11-12)17(22)19-8-1-3-14(19)15-4-2-9-25-15/h2,4,9,12,14H,1,3,5-8,10-11H2. The molecule has 1 aromatic rings. The molecule has 2 unspecified atom stereocenters. The van der Waals surface area contributed by atoms with Gasteiger partial charge in [-0.2, -0.15) is 5.10 Å². The first-order valence-electron chi connectivity index (χ1n) is 8.89. The first-order valence-corrected chi connectivity index (χ1v) is 11.6. The van der Waals surface area contributed by atoms with Gasteiger partial charge in [-0.15, -0.1) is 11.3 Å². The highest BCUT2D eigenvalue weighted by molar-refractivity contribution is 7.91. The van der Waals surface area contributed by atoms with Gasteiger partial charge in [0, 0.05) is 24.3 Å². The van der Waals surface area contributed by atoms with Crippen LogP contribution < -0.4 is 0 Å². The van der Waals surface area contributed by atoms with Crippen LogP contribution in [0.2, 0.25) is 0 Å². The van der Waals surface area contributed by atoms with Crippen molar-refractivity contribution in [3.05, 3.63) is 22.4 Å². The van der Waals surface area contributed by atoms with Crippen LogP contribution in [-0.4, -0.2) is 59.9 Å². The monoisotopic (exact) mass is 395 g/mol. The number of hydrazone groups is 1. The second kappa shape index (κ2) is 6.77. The average Bonchev–Trinajstić information content (AvgIpc) is 3.34. The Morgan fingerprint density at radius 2 is 2.12 bits per heavy atom. The van der Waals surface area contributed by atoms with Gasteiger partial charge in [-0.25, -0.2) is 13.4 Å². The summed E-state index contributed by atoms with van der Waals surface area (Å²) < 4.78 is 23.5. The lowest BCUT2D eigenvalue weighted by atomic mass is 10.1. The second-order valence-corrected chi connectivity index (χ2v) is 10.2. The maximum atomic E-state index is 13.0. The third-order valence-corrected chi connectivity index (χ3v) is 7.97. The number of hydrogen-bond acceptors (Lipinski definition) is 6. The third kappa shape index (κ3) is 3.29. The summed E-state index contributed by atoms with van der Waals surface area (Å²) >= 11 is 1.64. The molecule has 7 nitrogen and oxygen atoms in total. The van der Waals surface area contributed by atoms with E-state index in [0.29, 0.717) is 25.1 Å². The first kappa shape index (κ1) is 17.7. The topological polar surface area (TPSA) is 87.1 Å². The molecule has 3 aliphatic heterocycles. The Morgan fingerprint density at radius 1 is 1.27 bits per heavy atom. The molecule has 0 saturated carbocycles. The van der Waals surface area contributed by atoms with Crippen molar-refractivity contribution in [2.24, 2.45) is 5.10 Å². The van der Waals surface area contributed by atoms with E-state index in [9.17, 15) is 18.0 Å². The Bertz CT molecular complexity index is 847. The van der Waals surface area contributed by atoms with Crippen molar-refractivity contribution in [1.29, 1.82) is 0 Å². The Balaban J connectivity index is 1.55. The summed E-state index contributed by atoms with van der Waals surface area (Å²) in [4.78, 5) is 28.3. The third-order valence-electron chi connectivity index (χ3n) is 5.25. The molecule has 0 bridgehead atoms. The number of likely N-dealkylation sites (tertiary alicyclic amines) is 1. The van der Waals surface area contributed by atoms with E-state index < -0.39 is 15.9 Å². The molecule has 0 radical (unpaired) electrons. The van der Waals surface area contributed by atoms with Crippen molar-refractivity contribution < 1.29 is 18.0 Å². The summed E-state index contributed by atoms with van der Waals surface area (Å²) in [6.07, 6.45) is 2.80. The van der Waals surface area contributed by atoms with Crippen molar-refractivity contribution in [3.8, 4) is 0 Å². The van der Waals surface area contributed by atoms with E-state index in [1.54, 1.807) is 11.3 Å². The minimum atomic E-state index is -3.12. The Kier molecular flexibility index (Phi) is 4.60. The predicted octanol–water partition coefficient (Wildman–Crippen LogP) is 1.58. The van der Waals surface area contributed by atoms with Gasteiger partial charge >= 0.3 is 0 Å². The van der Waals surface area contributed by atoms with Crippen LogP contribution in [0.4, 0.5) is 0 Å². The smallest absolute Gasteiger partial charge is 0.270 e. The highest BCUT2D eigenvalue weighted by atomic mass is 32.2. The molecule has 3 aliphatic rings. The summed E-state index contributed by atoms with van der Waals surface area (Å²) in [5.74, 6) is -0.308. The lowest BCUT2D eigenvalue weighted by molar-refractivity contribution is -0.134. The molecule has 9 heteroatoms. The number of rotatable bonds is 3. The zero-order chi connectivity index (χ0) is 18.3. The number of carbonyl (C=O) groups excluding carboxylic acids is 2. The van der Waals surface area contributed by atoms with Crippen LogP contribution in [0.3, 0.4) is 0 Å². The van der Waals surface area contributed by atoms with Crippen LogP contribution in [0.5, 0.6) is 0 Å². The van der Waals surface area contributed by atoms with E-state index in [1.165, 1.54) is 9.89 Å². The van der Waals surface area contributed by atoms with Gasteiger partial charge in [0.25, 0.3) is 5.91 Å². The van der Waals surface area contributed by atoms with E-state index in [4.69, 9.17) is 0 Å². The molecule has 0 aromatic carbocycles. The van der Waals surface area contributed by atoms with E-state index >= 15 is 0 Å². The van der Waals surface area contributed by atoms with E-state index in [1.807, 2.05) is 22.4 Å². The number of thiophene rings is 1. The molecule has 140 valence electrons. The van der Waals surface area contributed by atoms with Crippen LogP contribution in [0.25, 0.3) is 0 Å². The lowest BCUT2D eigenvalue weighted by Gasteiger charge is -2.30. The van der Waals surface area contributed by atoms with Gasteiger partial charge < -0.3 is 4.90 Å². The fourth-order valence-electron chi connectivity index (χ4n) is 3.93. The van der Waals surface area contributed by atoms with Crippen molar-refractivity contribution in [2.45, 2.75) is 44.2 Å². The molecule has 0 spiro atoms. The molecule has 2 amide bonds. The summed E-state index contributed by atoms with van der Waals surface area (Å²) in [6.45, 7) is 0.687. The lowest BCUT2D eigenvalue weighted by Crippen LogP contribution is -2.44. The number of sulfone groups is 1. The van der Waals surface area contributed by atoms with Crippen LogP contribution in [0.15, 0.2) is 22.6 Å². The van der Waals surface area contributed by atoms with Crippen LogP contribution in [0.1, 0.15) is 43.0 Å². The van der Waals surface area contributed by atoms with Crippen molar-refractivity contribution >= 4 is 38.7 Å². The minimum absolute atomic E-state index is 0.0642. The average molecular weight is 396 g/mol. The van der Waals surface area contributed by atoms with E-state index in [-0.39, 0.29) is 35.8 Å². The summed E-state index contributed by atoms with van der Waals surface area (Å²) in [5.41, 5.74) is 0.373. The molecule has 2 fully saturated rings. The molecular formula is C17H21N3O4S2.